The van der Waals surface area contributed by atoms with E-state index in [1.54, 1.807) is 31.4 Å². The lowest BCUT2D eigenvalue weighted by Gasteiger charge is -2.28. The number of ether oxygens (including phenoxy) is 1. The zero-order chi connectivity index (χ0) is 20.9. The molecule has 3 aromatic rings. The van der Waals surface area contributed by atoms with Crippen molar-refractivity contribution in [2.45, 2.75) is 12.5 Å². The summed E-state index contributed by atoms with van der Waals surface area (Å²) >= 11 is 5.88. The number of anilines is 2. The highest BCUT2D eigenvalue weighted by atomic mass is 35.5. The van der Waals surface area contributed by atoms with E-state index in [1.807, 2.05) is 48.5 Å². The van der Waals surface area contributed by atoms with Crippen molar-refractivity contribution >= 4 is 34.7 Å². The summed E-state index contributed by atoms with van der Waals surface area (Å²) in [5, 5.41) is 11.3. The van der Waals surface area contributed by atoms with Crippen molar-refractivity contribution in [1.29, 1.82) is 0 Å². The van der Waals surface area contributed by atoms with Crippen LogP contribution in [0.4, 0.5) is 16.2 Å². The van der Waals surface area contributed by atoms with Crippen LogP contribution in [0, 0.1) is 0 Å². The van der Waals surface area contributed by atoms with Crippen LogP contribution >= 0.6 is 11.6 Å². The number of methoxy groups -OCH3 is 1. The summed E-state index contributed by atoms with van der Waals surface area (Å²) < 4.78 is 5.25. The third-order valence-electron chi connectivity index (χ3n) is 4.88. The fourth-order valence-electron chi connectivity index (χ4n) is 3.36. The van der Waals surface area contributed by atoms with Gasteiger partial charge in [-0.05, 0) is 48.0 Å². The van der Waals surface area contributed by atoms with Gasteiger partial charge in [0.25, 0.3) is 0 Å². The average Bonchev–Trinajstić information content (AvgIpc) is 2.79. The van der Waals surface area contributed by atoms with Gasteiger partial charge in [0.15, 0.2) is 0 Å². The topological polar surface area (TPSA) is 74.8 Å². The first-order valence-electron chi connectivity index (χ1n) is 9.51. The molecule has 1 aliphatic heterocycles. The van der Waals surface area contributed by atoms with Gasteiger partial charge in [-0.3, -0.25) is 0 Å². The van der Waals surface area contributed by atoms with Crippen molar-refractivity contribution in [3.05, 3.63) is 88.9 Å². The van der Waals surface area contributed by atoms with Gasteiger partial charge in [0, 0.05) is 28.4 Å². The number of urea groups is 1. The van der Waals surface area contributed by atoms with Gasteiger partial charge in [-0.25, -0.2) is 10.2 Å². The van der Waals surface area contributed by atoms with Crippen LogP contribution in [0.3, 0.4) is 0 Å². The number of hydrazone groups is 1. The number of hydrogen-bond donors (Lipinski definition) is 3. The minimum atomic E-state index is -0.415. The molecule has 7 heteroatoms. The summed E-state index contributed by atoms with van der Waals surface area (Å²) in [4.78, 5) is 12.3. The molecule has 1 heterocycles. The molecule has 1 atom stereocenters. The number of amides is 2. The highest BCUT2D eigenvalue weighted by molar-refractivity contribution is 6.30. The van der Waals surface area contributed by atoms with Crippen LogP contribution in [0.1, 0.15) is 23.6 Å². The van der Waals surface area contributed by atoms with E-state index >= 15 is 0 Å². The fraction of sp³-hybridized carbons (Fsp3) is 0.130. The van der Waals surface area contributed by atoms with Crippen molar-refractivity contribution in [3.63, 3.8) is 0 Å². The zero-order valence-electron chi connectivity index (χ0n) is 16.4. The Balaban J connectivity index is 1.52. The van der Waals surface area contributed by atoms with Gasteiger partial charge < -0.3 is 15.4 Å². The Bertz CT molecular complexity index is 1070. The number of para-hydroxylation sites is 1. The maximum atomic E-state index is 12.3. The first-order chi connectivity index (χ1) is 14.6. The molecule has 1 aliphatic rings. The summed E-state index contributed by atoms with van der Waals surface area (Å²) in [5.74, 6) is 0.810. The molecule has 0 spiro atoms. The second-order valence-corrected chi connectivity index (χ2v) is 7.29. The number of carbonyl (C=O) groups excluding carboxylic acids is 1. The zero-order valence-corrected chi connectivity index (χ0v) is 17.1. The second kappa shape index (κ2) is 8.88. The molecule has 6 nitrogen and oxygen atoms in total. The molecule has 0 aliphatic carbocycles. The lowest BCUT2D eigenvalue weighted by Crippen LogP contribution is -2.29. The number of carbonyl (C=O) groups is 1. The summed E-state index contributed by atoms with van der Waals surface area (Å²) in [6.07, 6.45) is 0.630. The fourth-order valence-corrected chi connectivity index (χ4v) is 3.48. The van der Waals surface area contributed by atoms with E-state index in [2.05, 4.69) is 21.2 Å². The number of nitrogens with one attached hydrogen (secondary N) is 3. The predicted octanol–water partition coefficient (Wildman–Crippen LogP) is 5.43. The van der Waals surface area contributed by atoms with E-state index < -0.39 is 6.03 Å². The van der Waals surface area contributed by atoms with Crippen LogP contribution in [-0.2, 0) is 0 Å². The van der Waals surface area contributed by atoms with Crippen molar-refractivity contribution in [2.75, 3.05) is 17.7 Å². The predicted molar refractivity (Wildman–Crippen MR) is 121 cm³/mol. The van der Waals surface area contributed by atoms with Crippen LogP contribution in [-0.4, -0.2) is 18.9 Å². The number of hydrogen-bond acceptors (Lipinski definition) is 4. The van der Waals surface area contributed by atoms with Crippen LogP contribution in [0.25, 0.3) is 0 Å². The van der Waals surface area contributed by atoms with E-state index in [0.29, 0.717) is 17.1 Å². The summed E-state index contributed by atoms with van der Waals surface area (Å²) in [7, 11) is 1.65. The highest BCUT2D eigenvalue weighted by Gasteiger charge is 2.24. The Morgan fingerprint density at radius 1 is 1.07 bits per heavy atom. The summed E-state index contributed by atoms with van der Waals surface area (Å²) in [6, 6.07) is 22.4. The number of halogens is 1. The number of fused-ring (bicyclic) bond motifs is 1. The van der Waals surface area contributed by atoms with E-state index in [9.17, 15) is 4.79 Å². The third kappa shape index (κ3) is 4.55. The van der Waals surface area contributed by atoms with Crippen molar-refractivity contribution in [2.24, 2.45) is 5.10 Å². The standard InChI is InChI=1S/C23H21ClN4O2/c1-30-18-12-6-15(7-13-18)21-14-22(19-4-2-3-5-20(19)26-21)27-28-23(29)25-17-10-8-16(24)9-11-17/h2-13,21,26H,14H2,1H3,(H2,25,28,29). The number of nitrogens with zero attached hydrogens (tertiary/aromatic N) is 1. The molecule has 0 bridgehead atoms. The Kier molecular flexibility index (Phi) is 5.86. The smallest absolute Gasteiger partial charge is 0.339 e. The van der Waals surface area contributed by atoms with Crippen LogP contribution in [0.5, 0.6) is 5.75 Å². The molecule has 4 rings (SSSR count). The molecular formula is C23H21ClN4O2. The van der Waals surface area contributed by atoms with Crippen LogP contribution in [0.15, 0.2) is 77.9 Å². The lowest BCUT2D eigenvalue weighted by molar-refractivity contribution is 0.252. The quantitative estimate of drug-likeness (QED) is 0.492. The van der Waals surface area contributed by atoms with E-state index in [0.717, 1.165) is 28.3 Å². The molecule has 0 radical (unpaired) electrons. The molecule has 152 valence electrons. The molecular weight excluding hydrogens is 400 g/mol. The van der Waals surface area contributed by atoms with Crippen LogP contribution in [0.2, 0.25) is 5.02 Å². The molecule has 0 saturated heterocycles. The van der Waals surface area contributed by atoms with Crippen molar-refractivity contribution in [3.8, 4) is 5.75 Å². The van der Waals surface area contributed by atoms with E-state index in [1.165, 1.54) is 0 Å². The van der Waals surface area contributed by atoms with Gasteiger partial charge in [0.2, 0.25) is 0 Å². The molecule has 1 unspecified atom stereocenters. The molecule has 0 aromatic heterocycles. The Morgan fingerprint density at radius 2 is 1.80 bits per heavy atom. The maximum Gasteiger partial charge on any atom is 0.339 e. The Morgan fingerprint density at radius 3 is 2.53 bits per heavy atom. The minimum absolute atomic E-state index is 0.0330. The highest BCUT2D eigenvalue weighted by Crippen LogP contribution is 2.33. The monoisotopic (exact) mass is 420 g/mol. The SMILES string of the molecule is COc1ccc(C2CC(=NNC(=O)Nc3ccc(Cl)cc3)c3ccccc3N2)cc1. The average molecular weight is 421 g/mol. The summed E-state index contributed by atoms with van der Waals surface area (Å²) in [6.45, 7) is 0. The number of rotatable bonds is 4. The van der Waals surface area contributed by atoms with Crippen molar-refractivity contribution in [1.82, 2.24) is 5.43 Å². The minimum Gasteiger partial charge on any atom is -0.497 e. The number of benzene rings is 3. The second-order valence-electron chi connectivity index (χ2n) is 6.85. The van der Waals surface area contributed by atoms with Crippen molar-refractivity contribution < 1.29 is 9.53 Å². The van der Waals surface area contributed by atoms with Gasteiger partial charge in [0.05, 0.1) is 18.9 Å². The molecule has 0 saturated carbocycles. The van der Waals surface area contributed by atoms with Gasteiger partial charge in [-0.2, -0.15) is 5.10 Å². The normalized spacial score (nSPS) is 16.3. The largest absolute Gasteiger partial charge is 0.497 e. The summed E-state index contributed by atoms with van der Waals surface area (Å²) in [5.41, 5.74) is 7.10. The lowest BCUT2D eigenvalue weighted by atomic mass is 9.92. The molecule has 30 heavy (non-hydrogen) atoms. The third-order valence-corrected chi connectivity index (χ3v) is 5.13. The van der Waals surface area contributed by atoms with Gasteiger partial charge in [0.1, 0.15) is 5.75 Å². The molecule has 0 fully saturated rings. The Labute approximate surface area is 179 Å². The molecule has 3 N–H and O–H groups in total. The maximum absolute atomic E-state index is 12.3. The Hall–Kier alpha value is -3.51. The molecule has 2 amide bonds. The first-order valence-corrected chi connectivity index (χ1v) is 9.89. The van der Waals surface area contributed by atoms with E-state index in [-0.39, 0.29) is 6.04 Å². The van der Waals surface area contributed by atoms with E-state index in [4.69, 9.17) is 16.3 Å². The van der Waals surface area contributed by atoms with Crippen LogP contribution < -0.4 is 20.8 Å². The molecule has 3 aromatic carbocycles. The van der Waals surface area contributed by atoms with Gasteiger partial charge in [-0.15, -0.1) is 0 Å². The first kappa shape index (κ1) is 19.8. The van der Waals surface area contributed by atoms with Gasteiger partial charge >= 0.3 is 6.03 Å². The van der Waals surface area contributed by atoms with Gasteiger partial charge in [-0.1, -0.05) is 41.9 Å².